The van der Waals surface area contributed by atoms with Gasteiger partial charge in [-0.15, -0.1) is 0 Å². The molecule has 2 bridgehead atoms. The van der Waals surface area contributed by atoms with Crippen molar-refractivity contribution in [1.82, 2.24) is 10.2 Å². The number of rotatable bonds is 6. The first-order chi connectivity index (χ1) is 8.42. The molecule has 0 radical (unpaired) electrons. The fourth-order valence-electron chi connectivity index (χ4n) is 3.85. The van der Waals surface area contributed by atoms with Gasteiger partial charge in [0.2, 0.25) is 0 Å². The standard InChI is InChI=1S/C15H26N2/c1-2-8-17(7-1)9-3-6-16-12-15-11-13-4-5-14(15)10-13/h4-5,13-16H,1-3,6-12H2. The van der Waals surface area contributed by atoms with Crippen molar-refractivity contribution in [2.24, 2.45) is 17.8 Å². The zero-order valence-corrected chi connectivity index (χ0v) is 10.9. The van der Waals surface area contributed by atoms with E-state index in [4.69, 9.17) is 0 Å². The Morgan fingerprint density at radius 2 is 2.00 bits per heavy atom. The lowest BCUT2D eigenvalue weighted by molar-refractivity contribution is 0.326. The van der Waals surface area contributed by atoms with Crippen LogP contribution >= 0.6 is 0 Å². The molecule has 1 saturated heterocycles. The summed E-state index contributed by atoms with van der Waals surface area (Å²) in [7, 11) is 0. The molecule has 17 heavy (non-hydrogen) atoms. The lowest BCUT2D eigenvalue weighted by atomic mass is 9.94. The van der Waals surface area contributed by atoms with Crippen LogP contribution in [0.4, 0.5) is 0 Å². The van der Waals surface area contributed by atoms with E-state index in [1.165, 1.54) is 64.8 Å². The molecule has 0 spiro atoms. The Balaban J connectivity index is 1.25. The van der Waals surface area contributed by atoms with E-state index in [0.29, 0.717) is 0 Å². The van der Waals surface area contributed by atoms with Crippen LogP contribution in [0.5, 0.6) is 0 Å². The van der Waals surface area contributed by atoms with Crippen LogP contribution in [0.25, 0.3) is 0 Å². The molecule has 2 heteroatoms. The van der Waals surface area contributed by atoms with Crippen LogP contribution in [0.15, 0.2) is 12.2 Å². The predicted octanol–water partition coefficient (Wildman–Crippen LogP) is 2.27. The van der Waals surface area contributed by atoms with Crippen LogP contribution in [0.2, 0.25) is 0 Å². The number of nitrogens with one attached hydrogen (secondary N) is 1. The van der Waals surface area contributed by atoms with Gasteiger partial charge in [0, 0.05) is 0 Å². The van der Waals surface area contributed by atoms with Gasteiger partial charge in [-0.05, 0) is 82.6 Å². The van der Waals surface area contributed by atoms with Crippen molar-refractivity contribution in [3.63, 3.8) is 0 Å². The first-order valence-electron chi connectivity index (χ1n) is 7.53. The van der Waals surface area contributed by atoms with Crippen molar-refractivity contribution in [1.29, 1.82) is 0 Å². The van der Waals surface area contributed by atoms with Crippen molar-refractivity contribution in [3.8, 4) is 0 Å². The van der Waals surface area contributed by atoms with Gasteiger partial charge in [-0.25, -0.2) is 0 Å². The molecule has 2 nitrogen and oxygen atoms in total. The summed E-state index contributed by atoms with van der Waals surface area (Å²) in [5.74, 6) is 2.78. The maximum Gasteiger partial charge on any atom is -0.000664 e. The molecule has 1 saturated carbocycles. The Morgan fingerprint density at radius 1 is 1.12 bits per heavy atom. The second kappa shape index (κ2) is 5.53. The minimum absolute atomic E-state index is 0.908. The smallest absolute Gasteiger partial charge is 0.000664 e. The summed E-state index contributed by atoms with van der Waals surface area (Å²) in [6.45, 7) is 6.47. The Bertz CT molecular complexity index is 268. The Morgan fingerprint density at radius 3 is 2.71 bits per heavy atom. The Hall–Kier alpha value is -0.340. The third-order valence-electron chi connectivity index (χ3n) is 4.85. The molecular formula is C15H26N2. The van der Waals surface area contributed by atoms with Gasteiger partial charge in [0.15, 0.2) is 0 Å². The van der Waals surface area contributed by atoms with Gasteiger partial charge in [-0.3, -0.25) is 0 Å². The number of nitrogens with zero attached hydrogens (tertiary/aromatic N) is 1. The average molecular weight is 234 g/mol. The number of allylic oxidation sites excluding steroid dienone is 2. The number of hydrogen-bond donors (Lipinski definition) is 1. The molecule has 3 unspecified atom stereocenters. The highest BCUT2D eigenvalue weighted by atomic mass is 15.1. The summed E-state index contributed by atoms with van der Waals surface area (Å²) in [6.07, 6.45) is 12.0. The molecule has 0 aromatic heterocycles. The number of likely N-dealkylation sites (tertiary alicyclic amines) is 1. The Labute approximate surface area is 105 Å². The molecule has 0 aromatic carbocycles. The summed E-state index contributed by atoms with van der Waals surface area (Å²) in [5, 5.41) is 3.68. The maximum absolute atomic E-state index is 3.68. The van der Waals surface area contributed by atoms with Crippen LogP contribution in [0, 0.1) is 17.8 Å². The molecule has 0 aromatic rings. The first-order valence-corrected chi connectivity index (χ1v) is 7.53. The molecule has 1 N–H and O–H groups in total. The van der Waals surface area contributed by atoms with E-state index in [2.05, 4.69) is 22.4 Å². The molecule has 96 valence electrons. The summed E-state index contributed by atoms with van der Waals surface area (Å²) in [6, 6.07) is 0. The van der Waals surface area contributed by atoms with Crippen molar-refractivity contribution >= 4 is 0 Å². The topological polar surface area (TPSA) is 15.3 Å². The SMILES string of the molecule is C1=CC2CC1CC2CNCCCN1CCCC1. The summed E-state index contributed by atoms with van der Waals surface area (Å²) in [5.41, 5.74) is 0. The highest BCUT2D eigenvalue weighted by Crippen LogP contribution is 2.42. The largest absolute Gasteiger partial charge is 0.316 e. The second-order valence-electron chi connectivity index (χ2n) is 6.15. The van der Waals surface area contributed by atoms with Gasteiger partial charge in [0.05, 0.1) is 0 Å². The van der Waals surface area contributed by atoms with Gasteiger partial charge in [-0.2, -0.15) is 0 Å². The van der Waals surface area contributed by atoms with Gasteiger partial charge < -0.3 is 10.2 Å². The van der Waals surface area contributed by atoms with Crippen molar-refractivity contribution in [2.75, 3.05) is 32.7 Å². The van der Waals surface area contributed by atoms with Crippen LogP contribution in [-0.4, -0.2) is 37.6 Å². The van der Waals surface area contributed by atoms with Crippen LogP contribution < -0.4 is 5.32 Å². The fourth-order valence-corrected chi connectivity index (χ4v) is 3.85. The van der Waals surface area contributed by atoms with Crippen LogP contribution in [0.3, 0.4) is 0 Å². The second-order valence-corrected chi connectivity index (χ2v) is 6.15. The molecule has 2 fully saturated rings. The monoisotopic (exact) mass is 234 g/mol. The molecule has 1 heterocycles. The van der Waals surface area contributed by atoms with Gasteiger partial charge in [0.1, 0.15) is 0 Å². The summed E-state index contributed by atoms with van der Waals surface area (Å²) in [4.78, 5) is 2.61. The van der Waals surface area contributed by atoms with Gasteiger partial charge in [0.25, 0.3) is 0 Å². The zero-order valence-electron chi connectivity index (χ0n) is 10.9. The van der Waals surface area contributed by atoms with Crippen molar-refractivity contribution in [2.45, 2.75) is 32.1 Å². The predicted molar refractivity (Wildman–Crippen MR) is 72.0 cm³/mol. The summed E-state index contributed by atoms with van der Waals surface area (Å²) < 4.78 is 0. The van der Waals surface area contributed by atoms with Crippen LogP contribution in [-0.2, 0) is 0 Å². The van der Waals surface area contributed by atoms with E-state index >= 15 is 0 Å². The van der Waals surface area contributed by atoms with Gasteiger partial charge in [-0.1, -0.05) is 12.2 Å². The molecule has 3 atom stereocenters. The highest BCUT2D eigenvalue weighted by molar-refractivity contribution is 5.10. The van der Waals surface area contributed by atoms with E-state index < -0.39 is 0 Å². The van der Waals surface area contributed by atoms with E-state index in [9.17, 15) is 0 Å². The van der Waals surface area contributed by atoms with E-state index in [1.54, 1.807) is 0 Å². The summed E-state index contributed by atoms with van der Waals surface area (Å²) >= 11 is 0. The van der Waals surface area contributed by atoms with Crippen LogP contribution in [0.1, 0.15) is 32.1 Å². The third kappa shape index (κ3) is 2.92. The lowest BCUT2D eigenvalue weighted by Gasteiger charge is -2.19. The number of fused-ring (bicyclic) bond motifs is 2. The van der Waals surface area contributed by atoms with E-state index in [1.807, 2.05) is 0 Å². The third-order valence-corrected chi connectivity index (χ3v) is 4.85. The highest BCUT2D eigenvalue weighted by Gasteiger charge is 2.34. The maximum atomic E-state index is 3.68. The lowest BCUT2D eigenvalue weighted by Crippen LogP contribution is -2.29. The van der Waals surface area contributed by atoms with Crippen molar-refractivity contribution in [3.05, 3.63) is 12.2 Å². The molecule has 3 aliphatic rings. The minimum atomic E-state index is 0.908. The Kier molecular flexibility index (Phi) is 3.82. The van der Waals surface area contributed by atoms with E-state index in [0.717, 1.165) is 17.8 Å². The molecular weight excluding hydrogens is 208 g/mol. The van der Waals surface area contributed by atoms with E-state index in [-0.39, 0.29) is 0 Å². The zero-order chi connectivity index (χ0) is 11.5. The average Bonchev–Trinajstić information content (AvgIpc) is 3.05. The quantitative estimate of drug-likeness (QED) is 0.560. The fraction of sp³-hybridized carbons (Fsp3) is 0.867. The minimum Gasteiger partial charge on any atom is -0.316 e. The molecule has 2 aliphatic carbocycles. The molecule has 1 aliphatic heterocycles. The number of hydrogen-bond acceptors (Lipinski definition) is 2. The first kappa shape index (κ1) is 11.7. The molecule has 0 amide bonds. The molecule has 3 rings (SSSR count). The van der Waals surface area contributed by atoms with Crippen molar-refractivity contribution < 1.29 is 0 Å². The normalized spacial score (nSPS) is 36.1. The van der Waals surface area contributed by atoms with Gasteiger partial charge >= 0.3 is 0 Å².